The van der Waals surface area contributed by atoms with E-state index in [4.69, 9.17) is 0 Å². The zero-order valence-electron chi connectivity index (χ0n) is 10.4. The lowest BCUT2D eigenvalue weighted by atomic mass is 10.2. The standard InChI is InChI=1S/C13H14F3N3/c1-2-17-7-9-8-18-19(12(9)13(15)16)11-6-4-3-5-10(11)14/h3-6,8,13,17H,2,7H2,1H3. The van der Waals surface area contributed by atoms with Gasteiger partial charge >= 0.3 is 0 Å². The SMILES string of the molecule is CCNCc1cnn(-c2ccccc2F)c1C(F)F. The molecule has 0 aliphatic rings. The largest absolute Gasteiger partial charge is 0.313 e. The molecule has 0 bridgehead atoms. The maximum Gasteiger partial charge on any atom is 0.280 e. The number of hydrogen-bond donors (Lipinski definition) is 1. The van der Waals surface area contributed by atoms with Crippen LogP contribution in [0.25, 0.3) is 5.69 Å². The summed E-state index contributed by atoms with van der Waals surface area (Å²) in [5.74, 6) is -0.581. The van der Waals surface area contributed by atoms with Crippen molar-refractivity contribution in [1.82, 2.24) is 15.1 Å². The molecule has 19 heavy (non-hydrogen) atoms. The third-order valence-electron chi connectivity index (χ3n) is 2.74. The van der Waals surface area contributed by atoms with E-state index >= 15 is 0 Å². The molecular weight excluding hydrogens is 255 g/mol. The van der Waals surface area contributed by atoms with E-state index in [9.17, 15) is 13.2 Å². The number of hydrogen-bond acceptors (Lipinski definition) is 2. The smallest absolute Gasteiger partial charge is 0.280 e. The Hall–Kier alpha value is -1.82. The summed E-state index contributed by atoms with van der Waals surface area (Å²) in [6.07, 6.45) is -1.37. The van der Waals surface area contributed by atoms with Crippen molar-refractivity contribution >= 4 is 0 Å². The van der Waals surface area contributed by atoms with Crippen LogP contribution in [-0.2, 0) is 6.54 Å². The summed E-state index contributed by atoms with van der Waals surface area (Å²) in [4.78, 5) is 0. The molecule has 0 fully saturated rings. The van der Waals surface area contributed by atoms with Crippen molar-refractivity contribution in [2.45, 2.75) is 19.9 Å². The molecule has 0 saturated carbocycles. The second kappa shape index (κ2) is 5.88. The highest BCUT2D eigenvalue weighted by Gasteiger charge is 2.21. The van der Waals surface area contributed by atoms with E-state index in [-0.39, 0.29) is 17.9 Å². The molecular formula is C13H14F3N3. The predicted octanol–water partition coefficient (Wildman–Crippen LogP) is 3.06. The Morgan fingerprint density at radius 2 is 2.05 bits per heavy atom. The van der Waals surface area contributed by atoms with Crippen molar-refractivity contribution in [3.8, 4) is 5.69 Å². The topological polar surface area (TPSA) is 29.9 Å². The van der Waals surface area contributed by atoms with Gasteiger partial charge in [-0.3, -0.25) is 0 Å². The molecule has 1 aromatic heterocycles. The molecule has 0 aliphatic heterocycles. The van der Waals surface area contributed by atoms with Crippen LogP contribution in [0.1, 0.15) is 24.6 Å². The van der Waals surface area contributed by atoms with Crippen molar-refractivity contribution in [3.05, 3.63) is 47.5 Å². The monoisotopic (exact) mass is 269 g/mol. The maximum absolute atomic E-state index is 13.7. The summed E-state index contributed by atoms with van der Waals surface area (Å²) >= 11 is 0. The average Bonchev–Trinajstić information content (AvgIpc) is 2.80. The van der Waals surface area contributed by atoms with Gasteiger partial charge in [-0.25, -0.2) is 17.9 Å². The molecule has 3 nitrogen and oxygen atoms in total. The quantitative estimate of drug-likeness (QED) is 0.904. The van der Waals surface area contributed by atoms with Crippen LogP contribution in [0.2, 0.25) is 0 Å². The minimum Gasteiger partial charge on any atom is -0.313 e. The van der Waals surface area contributed by atoms with Crippen molar-refractivity contribution in [1.29, 1.82) is 0 Å². The summed E-state index contributed by atoms with van der Waals surface area (Å²) in [7, 11) is 0. The third kappa shape index (κ3) is 2.78. The first-order valence-corrected chi connectivity index (χ1v) is 5.95. The summed E-state index contributed by atoms with van der Waals surface area (Å²) in [6.45, 7) is 2.82. The van der Waals surface area contributed by atoms with Crippen molar-refractivity contribution in [2.75, 3.05) is 6.54 Å². The fourth-order valence-corrected chi connectivity index (χ4v) is 1.84. The number of halogens is 3. The molecule has 2 rings (SSSR count). The van der Waals surface area contributed by atoms with Crippen molar-refractivity contribution in [2.24, 2.45) is 0 Å². The van der Waals surface area contributed by atoms with Gasteiger partial charge in [0, 0.05) is 12.1 Å². The number of aromatic nitrogens is 2. The third-order valence-corrected chi connectivity index (χ3v) is 2.74. The van der Waals surface area contributed by atoms with Gasteiger partial charge < -0.3 is 5.32 Å². The Morgan fingerprint density at radius 3 is 2.68 bits per heavy atom. The highest BCUT2D eigenvalue weighted by Crippen LogP contribution is 2.26. The van der Waals surface area contributed by atoms with Crippen LogP contribution in [0.3, 0.4) is 0 Å². The molecule has 0 amide bonds. The van der Waals surface area contributed by atoms with Gasteiger partial charge in [0.15, 0.2) is 0 Å². The summed E-state index contributed by atoms with van der Waals surface area (Å²) in [5, 5.41) is 6.84. The lowest BCUT2D eigenvalue weighted by Crippen LogP contribution is -2.14. The fourth-order valence-electron chi connectivity index (χ4n) is 1.84. The fraction of sp³-hybridized carbons (Fsp3) is 0.308. The lowest BCUT2D eigenvalue weighted by molar-refractivity contribution is 0.141. The summed E-state index contributed by atoms with van der Waals surface area (Å²) in [6, 6.07) is 5.73. The molecule has 1 aromatic carbocycles. The van der Waals surface area contributed by atoms with Gasteiger partial charge in [0.25, 0.3) is 6.43 Å². The normalized spacial score (nSPS) is 11.2. The molecule has 1 heterocycles. The predicted molar refractivity (Wildman–Crippen MR) is 65.9 cm³/mol. The molecule has 0 spiro atoms. The molecule has 102 valence electrons. The minimum atomic E-state index is -2.71. The summed E-state index contributed by atoms with van der Waals surface area (Å²) < 4.78 is 40.9. The molecule has 0 radical (unpaired) electrons. The minimum absolute atomic E-state index is 0.0283. The molecule has 0 aliphatic carbocycles. The first-order valence-electron chi connectivity index (χ1n) is 5.95. The maximum atomic E-state index is 13.7. The van der Waals surface area contributed by atoms with E-state index in [1.165, 1.54) is 24.4 Å². The Morgan fingerprint density at radius 1 is 1.32 bits per heavy atom. The van der Waals surface area contributed by atoms with E-state index in [0.717, 1.165) is 4.68 Å². The van der Waals surface area contributed by atoms with Gasteiger partial charge in [0.05, 0.1) is 6.20 Å². The van der Waals surface area contributed by atoms with E-state index in [1.807, 2.05) is 6.92 Å². The number of benzene rings is 1. The van der Waals surface area contributed by atoms with Crippen molar-refractivity contribution in [3.63, 3.8) is 0 Å². The molecule has 0 atom stereocenters. The highest BCUT2D eigenvalue weighted by molar-refractivity contribution is 5.36. The average molecular weight is 269 g/mol. The van der Waals surface area contributed by atoms with Crippen LogP contribution in [-0.4, -0.2) is 16.3 Å². The Labute approximate surface area is 109 Å². The number of alkyl halides is 2. The van der Waals surface area contributed by atoms with Crippen LogP contribution in [0.15, 0.2) is 30.5 Å². The number of nitrogens with zero attached hydrogens (tertiary/aromatic N) is 2. The summed E-state index contributed by atoms with van der Waals surface area (Å²) in [5.41, 5.74) is 0.131. The zero-order chi connectivity index (χ0) is 13.8. The van der Waals surface area contributed by atoms with E-state index in [0.29, 0.717) is 12.1 Å². The van der Waals surface area contributed by atoms with Gasteiger partial charge in [-0.1, -0.05) is 19.1 Å². The van der Waals surface area contributed by atoms with E-state index in [2.05, 4.69) is 10.4 Å². The Balaban J connectivity index is 2.46. The first kappa shape index (κ1) is 13.6. The molecule has 0 unspecified atom stereocenters. The molecule has 0 saturated heterocycles. The number of nitrogens with one attached hydrogen (secondary N) is 1. The highest BCUT2D eigenvalue weighted by atomic mass is 19.3. The molecule has 1 N–H and O–H groups in total. The van der Waals surface area contributed by atoms with E-state index < -0.39 is 12.2 Å². The Kier molecular flexibility index (Phi) is 4.21. The molecule has 6 heteroatoms. The van der Waals surface area contributed by atoms with Crippen molar-refractivity contribution < 1.29 is 13.2 Å². The molecule has 2 aromatic rings. The van der Waals surface area contributed by atoms with Gasteiger partial charge in [-0.15, -0.1) is 0 Å². The van der Waals surface area contributed by atoms with Gasteiger partial charge in [-0.2, -0.15) is 5.10 Å². The second-order valence-corrected chi connectivity index (χ2v) is 4.00. The zero-order valence-corrected chi connectivity index (χ0v) is 10.4. The Bertz CT molecular complexity index is 552. The number of para-hydroxylation sites is 1. The first-order chi connectivity index (χ1) is 9.15. The lowest BCUT2D eigenvalue weighted by Gasteiger charge is -2.09. The van der Waals surface area contributed by atoms with Gasteiger partial charge in [0.2, 0.25) is 0 Å². The van der Waals surface area contributed by atoms with Crippen LogP contribution in [0, 0.1) is 5.82 Å². The van der Waals surface area contributed by atoms with Crippen LogP contribution >= 0.6 is 0 Å². The second-order valence-electron chi connectivity index (χ2n) is 4.00. The van der Waals surface area contributed by atoms with Gasteiger partial charge in [-0.05, 0) is 18.7 Å². The van der Waals surface area contributed by atoms with E-state index in [1.54, 1.807) is 6.07 Å². The van der Waals surface area contributed by atoms with Crippen LogP contribution < -0.4 is 5.32 Å². The van der Waals surface area contributed by atoms with Crippen LogP contribution in [0.5, 0.6) is 0 Å². The van der Waals surface area contributed by atoms with Gasteiger partial charge in [0.1, 0.15) is 17.2 Å². The number of rotatable bonds is 5. The van der Waals surface area contributed by atoms with Crippen LogP contribution in [0.4, 0.5) is 13.2 Å².